The van der Waals surface area contributed by atoms with Gasteiger partial charge in [0.25, 0.3) is 0 Å². The highest BCUT2D eigenvalue weighted by Gasteiger charge is 2.33. The number of aromatic nitrogens is 1. The van der Waals surface area contributed by atoms with Crippen molar-refractivity contribution in [3.8, 4) is 5.88 Å². The Balaban J connectivity index is 3.19. The second-order valence-corrected chi connectivity index (χ2v) is 3.96. The van der Waals surface area contributed by atoms with Crippen LogP contribution in [0, 0.1) is 3.57 Å². The number of rotatable bonds is 3. The van der Waals surface area contributed by atoms with Crippen molar-refractivity contribution in [2.45, 2.75) is 12.2 Å². The van der Waals surface area contributed by atoms with Crippen LogP contribution in [-0.4, -0.2) is 17.6 Å². The molecule has 88 valence electrons. The van der Waals surface area contributed by atoms with E-state index in [0.29, 0.717) is 6.29 Å². The summed E-state index contributed by atoms with van der Waals surface area (Å²) in [5.41, 5.74) is 0.417. The quantitative estimate of drug-likeness (QED) is 0.469. The van der Waals surface area contributed by atoms with Gasteiger partial charge in [-0.25, -0.2) is 4.98 Å². The highest BCUT2D eigenvalue weighted by molar-refractivity contribution is 14.1. The number of nitrogens with zero attached hydrogens (tertiary/aromatic N) is 1. The Labute approximate surface area is 107 Å². The lowest BCUT2D eigenvalue weighted by Gasteiger charge is -2.12. The molecule has 0 aliphatic heterocycles. The van der Waals surface area contributed by atoms with Gasteiger partial charge >= 0.3 is 6.36 Å². The van der Waals surface area contributed by atoms with E-state index in [-0.39, 0.29) is 20.6 Å². The zero-order valence-electron chi connectivity index (χ0n) is 7.52. The third-order valence-corrected chi connectivity index (χ3v) is 2.97. The van der Waals surface area contributed by atoms with Gasteiger partial charge in [-0.1, -0.05) is 0 Å². The standard InChI is InChI=1S/C8H4ClF3INO2/c9-1-5-4(3-15)2-14-7(6(5)13)16-8(10,11)12/h2-3H,1H2. The van der Waals surface area contributed by atoms with Crippen LogP contribution in [0.15, 0.2) is 6.20 Å². The van der Waals surface area contributed by atoms with Crippen LogP contribution < -0.4 is 4.74 Å². The molecule has 1 heterocycles. The Kier molecular flexibility index (Phi) is 4.36. The molecule has 1 rings (SSSR count). The summed E-state index contributed by atoms with van der Waals surface area (Å²) in [6, 6.07) is 0. The molecular formula is C8H4ClF3INO2. The monoisotopic (exact) mass is 365 g/mol. The van der Waals surface area contributed by atoms with Gasteiger partial charge in [-0.15, -0.1) is 24.8 Å². The van der Waals surface area contributed by atoms with Gasteiger partial charge in [-0.05, 0) is 28.2 Å². The van der Waals surface area contributed by atoms with Crippen molar-refractivity contribution in [2.24, 2.45) is 0 Å². The van der Waals surface area contributed by atoms with Gasteiger partial charge in [0.15, 0.2) is 6.29 Å². The summed E-state index contributed by atoms with van der Waals surface area (Å²) in [6.07, 6.45) is -3.35. The zero-order chi connectivity index (χ0) is 12.3. The SMILES string of the molecule is O=Cc1cnc(OC(F)(F)F)c(I)c1CCl. The average Bonchev–Trinajstić information content (AvgIpc) is 2.19. The molecular weight excluding hydrogens is 361 g/mol. The van der Waals surface area contributed by atoms with Crippen LogP contribution in [0.5, 0.6) is 5.88 Å². The third-order valence-electron chi connectivity index (χ3n) is 1.60. The molecule has 0 fully saturated rings. The fourth-order valence-corrected chi connectivity index (χ4v) is 2.20. The predicted octanol–water partition coefficient (Wildman–Crippen LogP) is 3.14. The van der Waals surface area contributed by atoms with Gasteiger partial charge in [0.1, 0.15) is 0 Å². The summed E-state index contributed by atoms with van der Waals surface area (Å²) in [4.78, 5) is 14.0. The Morgan fingerprint density at radius 1 is 1.56 bits per heavy atom. The highest BCUT2D eigenvalue weighted by atomic mass is 127. The van der Waals surface area contributed by atoms with Crippen LogP contribution in [0.25, 0.3) is 0 Å². The lowest BCUT2D eigenvalue weighted by molar-refractivity contribution is -0.276. The number of carbonyl (C=O) groups excluding carboxylic acids is 1. The van der Waals surface area contributed by atoms with Crippen LogP contribution in [0.2, 0.25) is 0 Å². The molecule has 0 spiro atoms. The second-order valence-electron chi connectivity index (χ2n) is 2.61. The molecule has 0 saturated carbocycles. The number of aldehydes is 1. The Bertz CT molecular complexity index is 411. The molecule has 1 aromatic heterocycles. The molecule has 0 N–H and O–H groups in total. The van der Waals surface area contributed by atoms with Crippen molar-refractivity contribution in [3.05, 3.63) is 20.9 Å². The summed E-state index contributed by atoms with van der Waals surface area (Å²) in [5, 5.41) is 0. The first-order valence-electron chi connectivity index (χ1n) is 3.83. The maximum atomic E-state index is 12.0. The van der Waals surface area contributed by atoms with E-state index in [1.165, 1.54) is 0 Å². The third kappa shape index (κ3) is 3.21. The number of halogens is 5. The summed E-state index contributed by atoms with van der Waals surface area (Å²) in [5.74, 6) is -0.697. The number of carbonyl (C=O) groups is 1. The van der Waals surface area contributed by atoms with Crippen molar-refractivity contribution >= 4 is 40.5 Å². The number of ether oxygens (including phenoxy) is 1. The smallest absolute Gasteiger partial charge is 0.387 e. The summed E-state index contributed by atoms with van der Waals surface area (Å²) < 4.78 is 39.7. The maximum absolute atomic E-state index is 12.0. The molecule has 0 amide bonds. The van der Waals surface area contributed by atoms with Crippen LogP contribution >= 0.6 is 34.2 Å². The van der Waals surface area contributed by atoms with E-state index < -0.39 is 12.2 Å². The second kappa shape index (κ2) is 5.17. The number of hydrogen-bond donors (Lipinski definition) is 0. The highest BCUT2D eigenvalue weighted by Crippen LogP contribution is 2.29. The van der Waals surface area contributed by atoms with Crippen molar-refractivity contribution in [3.63, 3.8) is 0 Å². The average molecular weight is 365 g/mol. The summed E-state index contributed by atoms with van der Waals surface area (Å²) >= 11 is 7.13. The summed E-state index contributed by atoms with van der Waals surface area (Å²) in [7, 11) is 0. The van der Waals surface area contributed by atoms with Gasteiger partial charge in [0.05, 0.1) is 3.57 Å². The molecule has 0 atom stereocenters. The normalized spacial score (nSPS) is 11.3. The lowest BCUT2D eigenvalue weighted by atomic mass is 10.2. The molecule has 16 heavy (non-hydrogen) atoms. The van der Waals surface area contributed by atoms with E-state index in [1.807, 2.05) is 0 Å². The minimum Gasteiger partial charge on any atom is -0.387 e. The van der Waals surface area contributed by atoms with Crippen LogP contribution in [0.4, 0.5) is 13.2 Å². The van der Waals surface area contributed by atoms with Gasteiger partial charge in [-0.2, -0.15) is 0 Å². The predicted molar refractivity (Wildman–Crippen MR) is 58.6 cm³/mol. The molecule has 8 heteroatoms. The van der Waals surface area contributed by atoms with E-state index >= 15 is 0 Å². The van der Waals surface area contributed by atoms with Gasteiger partial charge in [-0.3, -0.25) is 4.79 Å². The van der Waals surface area contributed by atoms with E-state index in [4.69, 9.17) is 11.6 Å². The van der Waals surface area contributed by atoms with E-state index in [0.717, 1.165) is 6.20 Å². The van der Waals surface area contributed by atoms with E-state index in [1.54, 1.807) is 22.6 Å². The van der Waals surface area contributed by atoms with Crippen LogP contribution in [-0.2, 0) is 5.88 Å². The first kappa shape index (κ1) is 13.5. The van der Waals surface area contributed by atoms with Gasteiger partial charge < -0.3 is 4.74 Å². The molecule has 1 aromatic rings. The Morgan fingerprint density at radius 3 is 2.62 bits per heavy atom. The van der Waals surface area contributed by atoms with Crippen molar-refractivity contribution in [2.75, 3.05) is 0 Å². The minimum absolute atomic E-state index is 0.0783. The molecule has 0 aliphatic carbocycles. The maximum Gasteiger partial charge on any atom is 0.574 e. The van der Waals surface area contributed by atoms with E-state index in [2.05, 4.69) is 9.72 Å². The first-order chi connectivity index (χ1) is 7.39. The van der Waals surface area contributed by atoms with Crippen LogP contribution in [0.1, 0.15) is 15.9 Å². The lowest BCUT2D eigenvalue weighted by Crippen LogP contribution is -2.19. The molecule has 3 nitrogen and oxygen atoms in total. The topological polar surface area (TPSA) is 39.2 Å². The molecule has 0 unspecified atom stereocenters. The number of hydrogen-bond acceptors (Lipinski definition) is 3. The fraction of sp³-hybridized carbons (Fsp3) is 0.250. The minimum atomic E-state index is -4.82. The molecule has 0 aromatic carbocycles. The van der Waals surface area contributed by atoms with Crippen molar-refractivity contribution in [1.29, 1.82) is 0 Å². The number of alkyl halides is 4. The Morgan fingerprint density at radius 2 is 2.19 bits per heavy atom. The fourth-order valence-electron chi connectivity index (χ4n) is 0.937. The Hall–Kier alpha value is -0.570. The van der Waals surface area contributed by atoms with Crippen LogP contribution in [0.3, 0.4) is 0 Å². The van der Waals surface area contributed by atoms with Crippen molar-refractivity contribution in [1.82, 2.24) is 4.98 Å². The molecule has 0 radical (unpaired) electrons. The molecule has 0 saturated heterocycles. The number of pyridine rings is 1. The zero-order valence-corrected chi connectivity index (χ0v) is 10.4. The first-order valence-corrected chi connectivity index (χ1v) is 5.44. The molecule has 0 aliphatic rings. The molecule has 0 bridgehead atoms. The summed E-state index contributed by atoms with van der Waals surface area (Å²) in [6.45, 7) is 0. The van der Waals surface area contributed by atoms with Gasteiger partial charge in [0, 0.05) is 17.6 Å². The van der Waals surface area contributed by atoms with E-state index in [9.17, 15) is 18.0 Å². The largest absolute Gasteiger partial charge is 0.574 e. The van der Waals surface area contributed by atoms with Crippen molar-refractivity contribution < 1.29 is 22.7 Å². The van der Waals surface area contributed by atoms with Gasteiger partial charge in [0.2, 0.25) is 5.88 Å².